The summed E-state index contributed by atoms with van der Waals surface area (Å²) in [6.07, 6.45) is 1.11. The Hall–Kier alpha value is -2.34. The van der Waals surface area contributed by atoms with Gasteiger partial charge < -0.3 is 5.32 Å². The van der Waals surface area contributed by atoms with E-state index in [1.807, 2.05) is 51.1 Å². The Morgan fingerprint density at radius 3 is 2.28 bits per heavy atom. The first-order valence-corrected chi connectivity index (χ1v) is 9.89. The number of carbonyl (C=O) groups is 1. The maximum absolute atomic E-state index is 12.3. The van der Waals surface area contributed by atoms with Crippen LogP contribution in [0.3, 0.4) is 0 Å². The number of aryl methyl sites for hydroxylation is 3. The Morgan fingerprint density at radius 1 is 1.00 bits per heavy atom. The van der Waals surface area contributed by atoms with Crippen LogP contribution in [-0.2, 0) is 21.4 Å². The number of sulfonamides is 1. The number of amides is 1. The molecule has 0 heterocycles. The SMILES string of the molecule is Cc1ccc(N(CC(=O)NCc2ccccc2C)S(C)(=O)=O)cc1C. The first kappa shape index (κ1) is 19.0. The zero-order valence-corrected chi connectivity index (χ0v) is 15.9. The van der Waals surface area contributed by atoms with Crippen molar-refractivity contribution in [2.45, 2.75) is 27.3 Å². The fourth-order valence-electron chi connectivity index (χ4n) is 2.47. The summed E-state index contributed by atoms with van der Waals surface area (Å²) >= 11 is 0. The number of carbonyl (C=O) groups excluding carboxylic acids is 1. The summed E-state index contributed by atoms with van der Waals surface area (Å²) in [5.74, 6) is -0.341. The van der Waals surface area contributed by atoms with Gasteiger partial charge in [0.1, 0.15) is 6.54 Å². The second kappa shape index (κ2) is 7.70. The van der Waals surface area contributed by atoms with Crippen LogP contribution in [0.25, 0.3) is 0 Å². The molecule has 0 aliphatic heterocycles. The predicted molar refractivity (Wildman–Crippen MR) is 101 cm³/mol. The summed E-state index contributed by atoms with van der Waals surface area (Å²) in [5.41, 5.74) is 4.63. The van der Waals surface area contributed by atoms with E-state index >= 15 is 0 Å². The van der Waals surface area contributed by atoms with Crippen molar-refractivity contribution in [3.63, 3.8) is 0 Å². The van der Waals surface area contributed by atoms with Gasteiger partial charge in [0.05, 0.1) is 11.9 Å². The summed E-state index contributed by atoms with van der Waals surface area (Å²) in [4.78, 5) is 12.3. The first-order valence-electron chi connectivity index (χ1n) is 8.04. The lowest BCUT2D eigenvalue weighted by Crippen LogP contribution is -2.40. The molecule has 25 heavy (non-hydrogen) atoms. The van der Waals surface area contributed by atoms with E-state index in [4.69, 9.17) is 0 Å². The van der Waals surface area contributed by atoms with Crippen LogP contribution in [0.2, 0.25) is 0 Å². The first-order chi connectivity index (χ1) is 11.7. The number of hydrogen-bond acceptors (Lipinski definition) is 3. The summed E-state index contributed by atoms with van der Waals surface area (Å²) in [6.45, 7) is 5.97. The minimum atomic E-state index is -3.56. The Labute approximate surface area is 149 Å². The van der Waals surface area contributed by atoms with Gasteiger partial charge in [0, 0.05) is 6.54 Å². The maximum atomic E-state index is 12.3. The highest BCUT2D eigenvalue weighted by Crippen LogP contribution is 2.21. The van der Waals surface area contributed by atoms with Gasteiger partial charge in [-0.2, -0.15) is 0 Å². The standard InChI is InChI=1S/C19H24N2O3S/c1-14-9-10-18(11-16(14)3)21(25(4,23)24)13-19(22)20-12-17-8-6-5-7-15(17)2/h5-11H,12-13H2,1-4H3,(H,20,22). The second-order valence-electron chi connectivity index (χ2n) is 6.24. The number of anilines is 1. The van der Waals surface area contributed by atoms with Crippen LogP contribution in [0.15, 0.2) is 42.5 Å². The van der Waals surface area contributed by atoms with Crippen molar-refractivity contribution in [3.8, 4) is 0 Å². The topological polar surface area (TPSA) is 66.5 Å². The molecule has 0 atom stereocenters. The van der Waals surface area contributed by atoms with E-state index in [2.05, 4.69) is 5.32 Å². The van der Waals surface area contributed by atoms with Crippen molar-refractivity contribution in [1.82, 2.24) is 5.32 Å². The highest BCUT2D eigenvalue weighted by molar-refractivity contribution is 7.92. The van der Waals surface area contributed by atoms with Crippen molar-refractivity contribution < 1.29 is 13.2 Å². The Morgan fingerprint density at radius 2 is 1.68 bits per heavy atom. The lowest BCUT2D eigenvalue weighted by molar-refractivity contribution is -0.119. The van der Waals surface area contributed by atoms with E-state index < -0.39 is 10.0 Å². The quantitative estimate of drug-likeness (QED) is 0.861. The van der Waals surface area contributed by atoms with Crippen LogP contribution in [-0.4, -0.2) is 27.1 Å². The van der Waals surface area contributed by atoms with Gasteiger partial charge in [-0.1, -0.05) is 30.3 Å². The summed E-state index contributed by atoms with van der Waals surface area (Å²) in [6, 6.07) is 13.1. The molecule has 0 saturated carbocycles. The zero-order chi connectivity index (χ0) is 18.6. The van der Waals surface area contributed by atoms with E-state index in [0.717, 1.165) is 32.8 Å². The molecule has 6 heteroatoms. The van der Waals surface area contributed by atoms with Gasteiger partial charge in [-0.05, 0) is 55.2 Å². The summed E-state index contributed by atoms with van der Waals surface area (Å²) in [7, 11) is -3.56. The fourth-order valence-corrected chi connectivity index (χ4v) is 3.32. The number of nitrogens with one attached hydrogen (secondary N) is 1. The predicted octanol–water partition coefficient (Wildman–Crippen LogP) is 2.69. The van der Waals surface area contributed by atoms with Gasteiger partial charge in [-0.15, -0.1) is 0 Å². The molecular formula is C19H24N2O3S. The molecule has 0 bridgehead atoms. The van der Waals surface area contributed by atoms with Crippen molar-refractivity contribution in [3.05, 3.63) is 64.7 Å². The Kier molecular flexibility index (Phi) is 5.85. The number of benzene rings is 2. The van der Waals surface area contributed by atoms with Gasteiger partial charge >= 0.3 is 0 Å². The average molecular weight is 360 g/mol. The van der Waals surface area contributed by atoms with E-state index in [1.54, 1.807) is 12.1 Å². The van der Waals surface area contributed by atoms with E-state index in [1.165, 1.54) is 0 Å². The van der Waals surface area contributed by atoms with Crippen LogP contribution in [0.4, 0.5) is 5.69 Å². The molecule has 2 aromatic rings. The Balaban J connectivity index is 2.13. The summed E-state index contributed by atoms with van der Waals surface area (Å²) < 4.78 is 25.4. The largest absolute Gasteiger partial charge is 0.350 e. The minimum Gasteiger partial charge on any atom is -0.350 e. The van der Waals surface area contributed by atoms with Crippen molar-refractivity contribution in [1.29, 1.82) is 0 Å². The van der Waals surface area contributed by atoms with Crippen LogP contribution in [0.5, 0.6) is 0 Å². The monoisotopic (exact) mass is 360 g/mol. The highest BCUT2D eigenvalue weighted by atomic mass is 32.2. The summed E-state index contributed by atoms with van der Waals surface area (Å²) in [5, 5.41) is 2.79. The van der Waals surface area contributed by atoms with Crippen molar-refractivity contribution in [2.24, 2.45) is 0 Å². The maximum Gasteiger partial charge on any atom is 0.241 e. The molecule has 0 aliphatic carbocycles. The molecule has 0 aromatic heterocycles. The van der Waals surface area contributed by atoms with Crippen LogP contribution < -0.4 is 9.62 Å². The number of hydrogen-bond donors (Lipinski definition) is 1. The average Bonchev–Trinajstić information content (AvgIpc) is 2.53. The van der Waals surface area contributed by atoms with Gasteiger partial charge in [-0.3, -0.25) is 9.10 Å². The minimum absolute atomic E-state index is 0.243. The molecule has 0 spiro atoms. The number of nitrogens with zero attached hydrogens (tertiary/aromatic N) is 1. The Bertz CT molecular complexity index is 876. The third kappa shape index (κ3) is 5.06. The normalized spacial score (nSPS) is 11.2. The van der Waals surface area contributed by atoms with Gasteiger partial charge in [-0.25, -0.2) is 8.42 Å². The molecular weight excluding hydrogens is 336 g/mol. The van der Waals surface area contributed by atoms with Crippen molar-refractivity contribution in [2.75, 3.05) is 17.1 Å². The molecule has 0 saturated heterocycles. The molecule has 0 unspecified atom stereocenters. The molecule has 5 nitrogen and oxygen atoms in total. The molecule has 0 radical (unpaired) electrons. The van der Waals surface area contributed by atoms with Gasteiger partial charge in [0.15, 0.2) is 0 Å². The molecule has 0 fully saturated rings. The molecule has 134 valence electrons. The highest BCUT2D eigenvalue weighted by Gasteiger charge is 2.21. The smallest absolute Gasteiger partial charge is 0.241 e. The van der Waals surface area contributed by atoms with E-state index in [9.17, 15) is 13.2 Å². The molecule has 1 amide bonds. The molecule has 2 rings (SSSR count). The molecule has 0 aliphatic rings. The van der Waals surface area contributed by atoms with Crippen LogP contribution >= 0.6 is 0 Å². The molecule has 2 aromatic carbocycles. The lowest BCUT2D eigenvalue weighted by Gasteiger charge is -2.22. The number of rotatable bonds is 6. The van der Waals surface area contributed by atoms with Gasteiger partial charge in [0.2, 0.25) is 15.9 Å². The fraction of sp³-hybridized carbons (Fsp3) is 0.316. The van der Waals surface area contributed by atoms with E-state index in [0.29, 0.717) is 12.2 Å². The molecule has 1 N–H and O–H groups in total. The van der Waals surface area contributed by atoms with Gasteiger partial charge in [0.25, 0.3) is 0 Å². The second-order valence-corrected chi connectivity index (χ2v) is 8.15. The van der Waals surface area contributed by atoms with Crippen LogP contribution in [0, 0.1) is 20.8 Å². The lowest BCUT2D eigenvalue weighted by atomic mass is 10.1. The third-order valence-corrected chi connectivity index (χ3v) is 5.34. The van der Waals surface area contributed by atoms with E-state index in [-0.39, 0.29) is 12.5 Å². The van der Waals surface area contributed by atoms with Crippen molar-refractivity contribution >= 4 is 21.6 Å². The third-order valence-electron chi connectivity index (χ3n) is 4.20. The van der Waals surface area contributed by atoms with Crippen LogP contribution in [0.1, 0.15) is 22.3 Å². The zero-order valence-electron chi connectivity index (χ0n) is 15.0.